The number of hydrogen-bond donors (Lipinski definition) is 3. The van der Waals surface area contributed by atoms with Crippen molar-refractivity contribution in [2.75, 3.05) is 38.1 Å². The minimum atomic E-state index is -0.453. The summed E-state index contributed by atoms with van der Waals surface area (Å²) < 4.78 is 19.6. The van der Waals surface area contributed by atoms with Gasteiger partial charge in [-0.15, -0.1) is 0 Å². The molecule has 2 atom stereocenters. The van der Waals surface area contributed by atoms with Crippen LogP contribution in [0.4, 0.5) is 10.1 Å². The van der Waals surface area contributed by atoms with E-state index in [1.165, 1.54) is 18.3 Å². The first-order chi connectivity index (χ1) is 13.0. The van der Waals surface area contributed by atoms with Crippen LogP contribution in [0.25, 0.3) is 0 Å². The van der Waals surface area contributed by atoms with Gasteiger partial charge in [0.15, 0.2) is 0 Å². The van der Waals surface area contributed by atoms with Crippen LogP contribution < -0.4 is 10.6 Å². The number of piperazine rings is 1. The number of nitrogens with one attached hydrogen (secondary N) is 3. The van der Waals surface area contributed by atoms with E-state index >= 15 is 0 Å². The Morgan fingerprint density at radius 2 is 2.11 bits per heavy atom. The van der Waals surface area contributed by atoms with Crippen LogP contribution in [0.15, 0.2) is 29.7 Å². The summed E-state index contributed by atoms with van der Waals surface area (Å²) in [5.74, 6) is 0.318. The number of carbonyl (C=O) groups excluding carboxylic acids is 1. The molecule has 1 aliphatic carbocycles. The van der Waals surface area contributed by atoms with Gasteiger partial charge >= 0.3 is 0 Å². The third-order valence-corrected chi connectivity index (χ3v) is 5.05. The first-order valence-electron chi connectivity index (χ1n) is 9.39. The number of nitrogens with zero attached hydrogens (tertiary/aromatic N) is 1. The maximum atomic E-state index is 13.7. The van der Waals surface area contributed by atoms with E-state index in [1.807, 2.05) is 4.90 Å². The van der Waals surface area contributed by atoms with E-state index in [-0.39, 0.29) is 5.76 Å². The summed E-state index contributed by atoms with van der Waals surface area (Å²) in [6.45, 7) is 7.35. The second-order valence-corrected chi connectivity index (χ2v) is 7.35. The van der Waals surface area contributed by atoms with Gasteiger partial charge in [0.05, 0.1) is 6.61 Å². The molecule has 0 aromatic heterocycles. The van der Waals surface area contributed by atoms with Gasteiger partial charge in [0.2, 0.25) is 5.76 Å². The molecule has 0 spiro atoms. The molecule has 3 N–H and O–H groups in total. The molecule has 6 nitrogen and oxygen atoms in total. The fourth-order valence-electron chi connectivity index (χ4n) is 3.28. The summed E-state index contributed by atoms with van der Waals surface area (Å²) in [4.78, 5) is 14.9. The van der Waals surface area contributed by atoms with Crippen LogP contribution in [-0.2, 0) is 9.53 Å². The normalized spacial score (nSPS) is 22.7. The number of ether oxygens (including phenoxy) is 1. The molecule has 1 amide bonds. The Bertz CT molecular complexity index is 723. The van der Waals surface area contributed by atoms with E-state index < -0.39 is 11.7 Å². The Labute approximate surface area is 159 Å². The molecule has 1 aromatic rings. The second kappa shape index (κ2) is 8.52. The number of aryl methyl sites for hydroxylation is 1. The molecule has 1 aromatic carbocycles. The number of rotatable bonds is 7. The van der Waals surface area contributed by atoms with E-state index in [2.05, 4.69) is 17.6 Å². The first-order valence-corrected chi connectivity index (χ1v) is 9.39. The van der Waals surface area contributed by atoms with Gasteiger partial charge in [-0.1, -0.05) is 6.92 Å². The SMILES string of the molecule is Cc1cc(F)cc(NC(=O)/C(OCC2CC2C)=C(\C=N)N2CCNCC2)c1. The van der Waals surface area contributed by atoms with Crippen molar-refractivity contribution in [3.8, 4) is 0 Å². The predicted octanol–water partition coefficient (Wildman–Crippen LogP) is 2.51. The molecular weight excluding hydrogens is 347 g/mol. The van der Waals surface area contributed by atoms with Crippen molar-refractivity contribution in [1.82, 2.24) is 10.2 Å². The highest BCUT2D eigenvalue weighted by Gasteiger charge is 2.34. The Morgan fingerprint density at radius 1 is 1.41 bits per heavy atom. The molecule has 1 saturated carbocycles. The first kappa shape index (κ1) is 19.4. The third kappa shape index (κ3) is 5.07. The van der Waals surface area contributed by atoms with E-state index in [1.54, 1.807) is 13.0 Å². The van der Waals surface area contributed by atoms with Gasteiger partial charge in [-0.3, -0.25) is 4.79 Å². The molecule has 2 fully saturated rings. The second-order valence-electron chi connectivity index (χ2n) is 7.35. The van der Waals surface area contributed by atoms with Crippen LogP contribution in [0.1, 0.15) is 18.9 Å². The zero-order chi connectivity index (χ0) is 19.4. The lowest BCUT2D eigenvalue weighted by molar-refractivity contribution is -0.116. The van der Waals surface area contributed by atoms with Gasteiger partial charge < -0.3 is 25.7 Å². The molecule has 3 rings (SSSR count). The van der Waals surface area contributed by atoms with E-state index in [4.69, 9.17) is 10.1 Å². The highest BCUT2D eigenvalue weighted by atomic mass is 19.1. The number of anilines is 1. The number of allylic oxidation sites excluding steroid dienone is 1. The number of benzene rings is 1. The maximum absolute atomic E-state index is 13.7. The third-order valence-electron chi connectivity index (χ3n) is 5.05. The molecule has 1 heterocycles. The Hall–Kier alpha value is -2.41. The van der Waals surface area contributed by atoms with Gasteiger partial charge in [0.1, 0.15) is 11.5 Å². The van der Waals surface area contributed by atoms with E-state index in [9.17, 15) is 9.18 Å². The molecule has 2 unspecified atom stereocenters. The van der Waals surface area contributed by atoms with Crippen molar-refractivity contribution >= 4 is 17.8 Å². The lowest BCUT2D eigenvalue weighted by atomic mass is 10.2. The monoisotopic (exact) mass is 374 g/mol. The number of amides is 1. The van der Waals surface area contributed by atoms with Crippen molar-refractivity contribution < 1.29 is 13.9 Å². The number of carbonyl (C=O) groups is 1. The van der Waals surface area contributed by atoms with Crippen molar-refractivity contribution in [2.45, 2.75) is 20.3 Å². The van der Waals surface area contributed by atoms with E-state index in [0.717, 1.165) is 25.1 Å². The average molecular weight is 374 g/mol. The van der Waals surface area contributed by atoms with Crippen LogP contribution in [0.2, 0.25) is 0 Å². The molecule has 0 radical (unpaired) electrons. The molecule has 7 heteroatoms. The zero-order valence-electron chi connectivity index (χ0n) is 15.8. The van der Waals surface area contributed by atoms with Crippen molar-refractivity contribution in [2.24, 2.45) is 11.8 Å². The van der Waals surface area contributed by atoms with Crippen LogP contribution in [0.5, 0.6) is 0 Å². The van der Waals surface area contributed by atoms with Crippen molar-refractivity contribution in [3.63, 3.8) is 0 Å². The topological polar surface area (TPSA) is 77.5 Å². The van der Waals surface area contributed by atoms with Crippen LogP contribution in [0, 0.1) is 30.0 Å². The van der Waals surface area contributed by atoms with Crippen LogP contribution >= 0.6 is 0 Å². The lowest BCUT2D eigenvalue weighted by Crippen LogP contribution is -2.44. The molecule has 2 aliphatic rings. The number of hydrogen-bond acceptors (Lipinski definition) is 5. The minimum absolute atomic E-state index is 0.132. The summed E-state index contributed by atoms with van der Waals surface area (Å²) in [5.41, 5.74) is 1.57. The fourth-order valence-corrected chi connectivity index (χ4v) is 3.28. The van der Waals surface area contributed by atoms with Gasteiger partial charge in [0.25, 0.3) is 5.91 Å². The summed E-state index contributed by atoms with van der Waals surface area (Å²) >= 11 is 0. The van der Waals surface area contributed by atoms with Gasteiger partial charge in [-0.2, -0.15) is 0 Å². The average Bonchev–Trinajstić information content (AvgIpc) is 3.33. The highest BCUT2D eigenvalue weighted by Crippen LogP contribution is 2.38. The van der Waals surface area contributed by atoms with Crippen LogP contribution in [0.3, 0.4) is 0 Å². The maximum Gasteiger partial charge on any atom is 0.293 e. The molecule has 27 heavy (non-hydrogen) atoms. The van der Waals surface area contributed by atoms with Crippen LogP contribution in [-0.4, -0.2) is 49.8 Å². The predicted molar refractivity (Wildman–Crippen MR) is 103 cm³/mol. The summed E-state index contributed by atoms with van der Waals surface area (Å²) in [6.07, 6.45) is 2.26. The van der Waals surface area contributed by atoms with Gasteiger partial charge in [0, 0.05) is 38.1 Å². The highest BCUT2D eigenvalue weighted by molar-refractivity contribution is 6.05. The lowest BCUT2D eigenvalue weighted by Gasteiger charge is -2.31. The molecular formula is C20H27FN4O2. The Kier molecular flexibility index (Phi) is 6.11. The quantitative estimate of drug-likeness (QED) is 0.389. The standard InChI is InChI=1S/C20H27FN4O2/c1-13-7-16(21)10-17(8-13)24-20(26)19(27-12-15-9-14(15)2)18(11-22)25-5-3-23-4-6-25/h7-8,10-11,14-15,22-23H,3-6,9,12H2,1-2H3,(H,24,26)/b19-18-,22-11?. The smallest absolute Gasteiger partial charge is 0.293 e. The zero-order valence-corrected chi connectivity index (χ0v) is 15.8. The molecule has 0 bridgehead atoms. The number of halogens is 1. The van der Waals surface area contributed by atoms with Gasteiger partial charge in [-0.05, 0) is 48.9 Å². The van der Waals surface area contributed by atoms with E-state index in [0.29, 0.717) is 42.9 Å². The Balaban J connectivity index is 1.83. The largest absolute Gasteiger partial charge is 0.486 e. The molecule has 1 saturated heterocycles. The van der Waals surface area contributed by atoms with Crippen molar-refractivity contribution in [1.29, 1.82) is 5.41 Å². The summed E-state index contributed by atoms with van der Waals surface area (Å²) in [6, 6.07) is 4.39. The minimum Gasteiger partial charge on any atom is -0.486 e. The van der Waals surface area contributed by atoms with Crippen molar-refractivity contribution in [3.05, 3.63) is 41.0 Å². The molecule has 146 valence electrons. The van der Waals surface area contributed by atoms with Gasteiger partial charge in [-0.25, -0.2) is 4.39 Å². The molecule has 1 aliphatic heterocycles. The Morgan fingerprint density at radius 3 is 2.70 bits per heavy atom. The summed E-state index contributed by atoms with van der Waals surface area (Å²) in [5, 5.41) is 13.8. The fraction of sp³-hybridized carbons (Fsp3) is 0.500. The summed E-state index contributed by atoms with van der Waals surface area (Å²) in [7, 11) is 0.